The van der Waals surface area contributed by atoms with Crippen molar-refractivity contribution < 1.29 is 9.59 Å². The van der Waals surface area contributed by atoms with Gasteiger partial charge in [0.05, 0.1) is 12.2 Å². The number of amides is 2. The van der Waals surface area contributed by atoms with Crippen molar-refractivity contribution in [1.82, 2.24) is 14.9 Å². The van der Waals surface area contributed by atoms with Gasteiger partial charge in [-0.15, -0.1) is 11.8 Å². The highest BCUT2D eigenvalue weighted by atomic mass is 32.2. The summed E-state index contributed by atoms with van der Waals surface area (Å²) in [6.07, 6.45) is 7.54. The molecule has 3 rings (SSSR count). The summed E-state index contributed by atoms with van der Waals surface area (Å²) in [5.41, 5.74) is 0.862. The summed E-state index contributed by atoms with van der Waals surface area (Å²) in [7, 11) is 0. The second-order valence-corrected chi connectivity index (χ2v) is 6.58. The lowest BCUT2D eigenvalue weighted by molar-refractivity contribution is -0.126. The van der Waals surface area contributed by atoms with E-state index in [1.165, 1.54) is 0 Å². The van der Waals surface area contributed by atoms with Gasteiger partial charge >= 0.3 is 0 Å². The monoisotopic (exact) mass is 344 g/mol. The Morgan fingerprint density at radius 3 is 3.08 bits per heavy atom. The van der Waals surface area contributed by atoms with E-state index in [1.54, 1.807) is 29.2 Å². The summed E-state index contributed by atoms with van der Waals surface area (Å²) in [5.74, 6) is -0.353. The minimum atomic E-state index is -0.293. The van der Waals surface area contributed by atoms with Crippen molar-refractivity contribution in [2.75, 3.05) is 24.2 Å². The van der Waals surface area contributed by atoms with Gasteiger partial charge in [0.25, 0.3) is 0 Å². The molecular formula is C17H20N4O2S. The third kappa shape index (κ3) is 3.79. The molecule has 0 saturated carbocycles. The SMILES string of the molecule is CSc1cccc(N2C[C@H](C(=O)NCCn3ccnc3)CC2=O)c1. The lowest BCUT2D eigenvalue weighted by atomic mass is 10.1. The Bertz CT molecular complexity index is 717. The maximum atomic E-state index is 12.3. The molecule has 126 valence electrons. The van der Waals surface area contributed by atoms with E-state index in [4.69, 9.17) is 0 Å². The van der Waals surface area contributed by atoms with Gasteiger partial charge in [-0.05, 0) is 24.5 Å². The van der Waals surface area contributed by atoms with Crippen LogP contribution in [0.2, 0.25) is 0 Å². The van der Waals surface area contributed by atoms with Gasteiger partial charge in [0.1, 0.15) is 0 Å². The van der Waals surface area contributed by atoms with Gasteiger partial charge in [-0.3, -0.25) is 9.59 Å². The van der Waals surface area contributed by atoms with Crippen LogP contribution in [0.3, 0.4) is 0 Å². The maximum Gasteiger partial charge on any atom is 0.227 e. The predicted molar refractivity (Wildman–Crippen MR) is 93.9 cm³/mol. The van der Waals surface area contributed by atoms with Crippen molar-refractivity contribution in [1.29, 1.82) is 0 Å². The number of thioether (sulfide) groups is 1. The second kappa shape index (κ2) is 7.53. The zero-order valence-electron chi connectivity index (χ0n) is 13.5. The highest BCUT2D eigenvalue weighted by Gasteiger charge is 2.34. The van der Waals surface area contributed by atoms with Crippen LogP contribution in [0.5, 0.6) is 0 Å². The van der Waals surface area contributed by atoms with E-state index in [2.05, 4.69) is 10.3 Å². The maximum absolute atomic E-state index is 12.3. The minimum absolute atomic E-state index is 0.00279. The number of rotatable bonds is 6. The van der Waals surface area contributed by atoms with Crippen LogP contribution in [-0.2, 0) is 16.1 Å². The van der Waals surface area contributed by atoms with Crippen molar-refractivity contribution in [3.05, 3.63) is 43.0 Å². The Hall–Kier alpha value is -2.28. The number of carbonyl (C=O) groups excluding carboxylic acids is 2. The first-order chi connectivity index (χ1) is 11.7. The molecule has 1 aliphatic rings. The van der Waals surface area contributed by atoms with Gasteiger partial charge in [-0.1, -0.05) is 6.07 Å². The van der Waals surface area contributed by atoms with E-state index in [9.17, 15) is 9.59 Å². The average Bonchev–Trinajstić information content (AvgIpc) is 3.24. The Morgan fingerprint density at radius 2 is 2.33 bits per heavy atom. The third-order valence-corrected chi connectivity index (χ3v) is 4.81. The second-order valence-electron chi connectivity index (χ2n) is 5.70. The van der Waals surface area contributed by atoms with Crippen molar-refractivity contribution in [2.45, 2.75) is 17.9 Å². The highest BCUT2D eigenvalue weighted by Crippen LogP contribution is 2.28. The molecule has 0 aliphatic carbocycles. The van der Waals surface area contributed by atoms with Gasteiger partial charge < -0.3 is 14.8 Å². The minimum Gasteiger partial charge on any atom is -0.354 e. The number of nitrogens with zero attached hydrogens (tertiary/aromatic N) is 3. The smallest absolute Gasteiger partial charge is 0.227 e. The molecule has 1 aromatic heterocycles. The Kier molecular flexibility index (Phi) is 5.20. The zero-order chi connectivity index (χ0) is 16.9. The molecule has 1 atom stereocenters. The molecule has 1 saturated heterocycles. The summed E-state index contributed by atoms with van der Waals surface area (Å²) >= 11 is 1.64. The zero-order valence-corrected chi connectivity index (χ0v) is 14.3. The van der Waals surface area contributed by atoms with Crippen LogP contribution in [-0.4, -0.2) is 40.7 Å². The fourth-order valence-corrected chi connectivity index (χ4v) is 3.24. The number of imidazole rings is 1. The molecule has 2 aromatic rings. The summed E-state index contributed by atoms with van der Waals surface area (Å²) in [4.78, 5) is 31.4. The third-order valence-electron chi connectivity index (χ3n) is 4.09. The first-order valence-electron chi connectivity index (χ1n) is 7.85. The fraction of sp³-hybridized carbons (Fsp3) is 0.353. The molecule has 2 amide bonds. The van der Waals surface area contributed by atoms with E-state index < -0.39 is 0 Å². The molecule has 1 aliphatic heterocycles. The van der Waals surface area contributed by atoms with E-state index in [0.29, 0.717) is 19.6 Å². The molecule has 0 bridgehead atoms. The molecule has 2 heterocycles. The van der Waals surface area contributed by atoms with Crippen LogP contribution in [0.1, 0.15) is 6.42 Å². The first-order valence-corrected chi connectivity index (χ1v) is 9.07. The number of hydrogen-bond acceptors (Lipinski definition) is 4. The van der Waals surface area contributed by atoms with E-state index in [1.807, 2.05) is 41.3 Å². The Morgan fingerprint density at radius 1 is 1.46 bits per heavy atom. The van der Waals surface area contributed by atoms with Crippen LogP contribution in [0.15, 0.2) is 47.9 Å². The Balaban J connectivity index is 1.56. The molecule has 1 N–H and O–H groups in total. The van der Waals surface area contributed by atoms with Gasteiger partial charge in [-0.25, -0.2) is 4.98 Å². The quantitative estimate of drug-likeness (QED) is 0.811. The highest BCUT2D eigenvalue weighted by molar-refractivity contribution is 7.98. The van der Waals surface area contributed by atoms with Crippen molar-refractivity contribution >= 4 is 29.3 Å². The van der Waals surface area contributed by atoms with Crippen LogP contribution in [0, 0.1) is 5.92 Å². The normalized spacial score (nSPS) is 17.3. The van der Waals surface area contributed by atoms with Crippen LogP contribution in [0.4, 0.5) is 5.69 Å². The number of hydrogen-bond donors (Lipinski definition) is 1. The molecule has 6 nitrogen and oxygen atoms in total. The van der Waals surface area contributed by atoms with Gasteiger partial charge in [0.2, 0.25) is 11.8 Å². The first kappa shape index (κ1) is 16.6. The van der Waals surface area contributed by atoms with Crippen LogP contribution < -0.4 is 10.2 Å². The van der Waals surface area contributed by atoms with E-state index >= 15 is 0 Å². The molecule has 7 heteroatoms. The lowest BCUT2D eigenvalue weighted by Crippen LogP contribution is -2.34. The van der Waals surface area contributed by atoms with Crippen molar-refractivity contribution in [3.63, 3.8) is 0 Å². The Labute approximate surface area is 145 Å². The summed E-state index contributed by atoms with van der Waals surface area (Å²) in [6, 6.07) is 7.85. The fourth-order valence-electron chi connectivity index (χ4n) is 2.78. The molecule has 0 unspecified atom stereocenters. The molecular weight excluding hydrogens is 324 g/mol. The molecule has 24 heavy (non-hydrogen) atoms. The van der Waals surface area contributed by atoms with Gasteiger partial charge in [0.15, 0.2) is 0 Å². The van der Waals surface area contributed by atoms with Crippen molar-refractivity contribution in [3.8, 4) is 0 Å². The van der Waals surface area contributed by atoms with Crippen molar-refractivity contribution in [2.24, 2.45) is 5.92 Å². The molecule has 0 radical (unpaired) electrons. The number of carbonyl (C=O) groups is 2. The largest absolute Gasteiger partial charge is 0.354 e. The summed E-state index contributed by atoms with van der Waals surface area (Å²) < 4.78 is 1.90. The number of anilines is 1. The average molecular weight is 344 g/mol. The topological polar surface area (TPSA) is 67.2 Å². The van der Waals surface area contributed by atoms with Crippen LogP contribution >= 0.6 is 11.8 Å². The predicted octanol–water partition coefficient (Wildman–Crippen LogP) is 1.77. The number of nitrogens with one attached hydrogen (secondary N) is 1. The van der Waals surface area contributed by atoms with Crippen LogP contribution in [0.25, 0.3) is 0 Å². The number of aromatic nitrogens is 2. The summed E-state index contributed by atoms with van der Waals surface area (Å²) in [5, 5.41) is 2.91. The molecule has 1 aromatic carbocycles. The van der Waals surface area contributed by atoms with E-state index in [-0.39, 0.29) is 24.2 Å². The van der Waals surface area contributed by atoms with E-state index in [0.717, 1.165) is 10.6 Å². The van der Waals surface area contributed by atoms with Gasteiger partial charge in [0, 0.05) is 49.0 Å². The lowest BCUT2D eigenvalue weighted by Gasteiger charge is -2.17. The standard InChI is InChI=1S/C17H20N4O2S/c1-24-15-4-2-3-14(10-15)21-11-13(9-16(21)22)17(23)19-6-8-20-7-5-18-12-20/h2-5,7,10,12-13H,6,8-9,11H2,1H3,(H,19,23)/t13-/m1/s1. The summed E-state index contributed by atoms with van der Waals surface area (Å²) in [6.45, 7) is 1.64. The molecule has 0 spiro atoms. The van der Waals surface area contributed by atoms with Gasteiger partial charge in [-0.2, -0.15) is 0 Å². The number of benzene rings is 1. The molecule has 1 fully saturated rings.